The van der Waals surface area contributed by atoms with Crippen LogP contribution in [0.15, 0.2) is 85.2 Å². The Balaban J connectivity index is 1.53. The van der Waals surface area contributed by atoms with Crippen molar-refractivity contribution in [3.05, 3.63) is 101 Å². The van der Waals surface area contributed by atoms with Crippen molar-refractivity contribution in [3.63, 3.8) is 0 Å². The SMILES string of the molecule is O=C(NNc1ncc(C(F)(F)F)cc1Cl)c1cccn1-c1cccc(-c2ccccc2)c1. The van der Waals surface area contributed by atoms with Crippen molar-refractivity contribution < 1.29 is 18.0 Å². The molecule has 0 aliphatic rings. The molecule has 0 fully saturated rings. The Kier molecular flexibility index (Phi) is 5.87. The monoisotopic (exact) mass is 456 g/mol. The molecule has 0 saturated carbocycles. The molecule has 2 heterocycles. The Labute approximate surface area is 186 Å². The summed E-state index contributed by atoms with van der Waals surface area (Å²) in [5.41, 5.74) is 7.02. The highest BCUT2D eigenvalue weighted by atomic mass is 35.5. The van der Waals surface area contributed by atoms with E-state index in [1.807, 2.05) is 54.6 Å². The Hall–Kier alpha value is -3.78. The van der Waals surface area contributed by atoms with Gasteiger partial charge in [0.2, 0.25) is 0 Å². The van der Waals surface area contributed by atoms with Gasteiger partial charge in [0.15, 0.2) is 5.82 Å². The lowest BCUT2D eigenvalue weighted by atomic mass is 10.1. The maximum atomic E-state index is 12.8. The Morgan fingerprint density at radius 3 is 2.41 bits per heavy atom. The number of benzene rings is 2. The molecule has 1 amide bonds. The van der Waals surface area contributed by atoms with Crippen LogP contribution in [0.25, 0.3) is 16.8 Å². The van der Waals surface area contributed by atoms with Gasteiger partial charge in [0, 0.05) is 18.1 Å². The van der Waals surface area contributed by atoms with E-state index in [0.29, 0.717) is 11.9 Å². The van der Waals surface area contributed by atoms with E-state index < -0.39 is 17.6 Å². The average molecular weight is 457 g/mol. The molecule has 9 heteroatoms. The van der Waals surface area contributed by atoms with Gasteiger partial charge in [-0.1, -0.05) is 54.1 Å². The van der Waals surface area contributed by atoms with Gasteiger partial charge in [-0.05, 0) is 41.5 Å². The zero-order chi connectivity index (χ0) is 22.7. The van der Waals surface area contributed by atoms with E-state index in [1.54, 1.807) is 22.9 Å². The normalized spacial score (nSPS) is 11.2. The molecule has 5 nitrogen and oxygen atoms in total. The van der Waals surface area contributed by atoms with E-state index in [-0.39, 0.29) is 10.8 Å². The molecule has 2 aromatic carbocycles. The van der Waals surface area contributed by atoms with E-state index in [0.717, 1.165) is 22.9 Å². The summed E-state index contributed by atoms with van der Waals surface area (Å²) < 4.78 is 40.0. The second-order valence-electron chi connectivity index (χ2n) is 6.81. The largest absolute Gasteiger partial charge is 0.417 e. The summed E-state index contributed by atoms with van der Waals surface area (Å²) in [5.74, 6) is -0.616. The number of carbonyl (C=O) groups is 1. The zero-order valence-electron chi connectivity index (χ0n) is 16.4. The second kappa shape index (κ2) is 8.76. The number of hydrogen-bond acceptors (Lipinski definition) is 3. The number of nitrogens with one attached hydrogen (secondary N) is 2. The average Bonchev–Trinajstić information content (AvgIpc) is 3.28. The number of hydrazine groups is 1. The van der Waals surface area contributed by atoms with Gasteiger partial charge in [-0.3, -0.25) is 15.6 Å². The minimum atomic E-state index is -4.56. The number of rotatable bonds is 5. The highest BCUT2D eigenvalue weighted by molar-refractivity contribution is 6.33. The molecule has 32 heavy (non-hydrogen) atoms. The zero-order valence-corrected chi connectivity index (χ0v) is 17.2. The third-order valence-corrected chi connectivity index (χ3v) is 4.96. The second-order valence-corrected chi connectivity index (χ2v) is 7.22. The standard InChI is InChI=1S/C23H16ClF3N4O/c24-19-13-17(23(25,26)27)14-28-21(19)29-30-22(32)20-10-5-11-31(20)18-9-4-8-16(12-18)15-6-2-1-3-7-15/h1-14H,(H,28,29)(H,30,32). The molecule has 4 rings (SSSR count). The maximum absolute atomic E-state index is 12.8. The first-order valence-electron chi connectivity index (χ1n) is 9.45. The molecular weight excluding hydrogens is 441 g/mol. The van der Waals surface area contributed by atoms with Gasteiger partial charge in [-0.15, -0.1) is 0 Å². The van der Waals surface area contributed by atoms with Crippen molar-refractivity contribution in [2.45, 2.75) is 6.18 Å². The summed E-state index contributed by atoms with van der Waals surface area (Å²) in [6, 6.07) is 21.6. The van der Waals surface area contributed by atoms with Gasteiger partial charge in [-0.2, -0.15) is 13.2 Å². The number of hydrogen-bond donors (Lipinski definition) is 2. The number of anilines is 1. The van der Waals surface area contributed by atoms with E-state index >= 15 is 0 Å². The van der Waals surface area contributed by atoms with Crippen LogP contribution >= 0.6 is 11.6 Å². The van der Waals surface area contributed by atoms with E-state index in [4.69, 9.17) is 11.6 Å². The minimum absolute atomic E-state index is 0.0998. The Bertz CT molecular complexity index is 1260. The van der Waals surface area contributed by atoms with Crippen molar-refractivity contribution in [1.29, 1.82) is 0 Å². The quantitative estimate of drug-likeness (QED) is 0.364. The molecule has 162 valence electrons. The van der Waals surface area contributed by atoms with Gasteiger partial charge >= 0.3 is 6.18 Å². The highest BCUT2D eigenvalue weighted by Gasteiger charge is 2.31. The smallest absolute Gasteiger partial charge is 0.312 e. The minimum Gasteiger partial charge on any atom is -0.312 e. The summed E-state index contributed by atoms with van der Waals surface area (Å²) >= 11 is 5.87. The lowest BCUT2D eigenvalue weighted by Crippen LogP contribution is -2.31. The van der Waals surface area contributed by atoms with Crippen molar-refractivity contribution in [1.82, 2.24) is 15.0 Å². The number of amides is 1. The first kappa shape index (κ1) is 21.5. The summed E-state index contributed by atoms with van der Waals surface area (Å²) in [6.07, 6.45) is -2.19. The van der Waals surface area contributed by atoms with Gasteiger partial charge in [0.25, 0.3) is 5.91 Å². The molecule has 0 spiro atoms. The molecule has 4 aromatic rings. The summed E-state index contributed by atoms with van der Waals surface area (Å²) in [6.45, 7) is 0. The molecule has 0 bridgehead atoms. The maximum Gasteiger partial charge on any atom is 0.417 e. The number of halogens is 4. The molecule has 0 aliphatic carbocycles. The molecular formula is C23H16ClF3N4O. The van der Waals surface area contributed by atoms with Crippen LogP contribution in [0.4, 0.5) is 19.0 Å². The Morgan fingerprint density at radius 2 is 1.69 bits per heavy atom. The molecule has 0 unspecified atom stereocenters. The summed E-state index contributed by atoms with van der Waals surface area (Å²) in [5, 5.41) is -0.272. The fourth-order valence-corrected chi connectivity index (χ4v) is 3.34. The lowest BCUT2D eigenvalue weighted by Gasteiger charge is -2.13. The van der Waals surface area contributed by atoms with Crippen LogP contribution in [-0.4, -0.2) is 15.5 Å². The third kappa shape index (κ3) is 4.60. The summed E-state index contributed by atoms with van der Waals surface area (Å²) in [7, 11) is 0. The fraction of sp³-hybridized carbons (Fsp3) is 0.0435. The number of nitrogens with zero attached hydrogens (tertiary/aromatic N) is 2. The van der Waals surface area contributed by atoms with E-state index in [1.165, 1.54) is 0 Å². The van der Waals surface area contributed by atoms with Crippen molar-refractivity contribution in [2.75, 3.05) is 5.43 Å². The van der Waals surface area contributed by atoms with Crippen LogP contribution in [0.5, 0.6) is 0 Å². The molecule has 2 aromatic heterocycles. The number of carbonyl (C=O) groups excluding carboxylic acids is 1. The predicted molar refractivity (Wildman–Crippen MR) is 117 cm³/mol. The predicted octanol–water partition coefficient (Wildman–Crippen LogP) is 5.97. The number of alkyl halides is 3. The topological polar surface area (TPSA) is 59.0 Å². The third-order valence-electron chi connectivity index (χ3n) is 4.68. The molecule has 0 saturated heterocycles. The molecule has 0 radical (unpaired) electrons. The van der Waals surface area contributed by atoms with Crippen LogP contribution in [0.2, 0.25) is 5.02 Å². The van der Waals surface area contributed by atoms with E-state index in [2.05, 4.69) is 15.8 Å². The van der Waals surface area contributed by atoms with Gasteiger partial charge < -0.3 is 4.57 Å². The molecule has 0 atom stereocenters. The molecule has 0 aliphatic heterocycles. The van der Waals surface area contributed by atoms with Gasteiger partial charge in [-0.25, -0.2) is 4.98 Å². The Morgan fingerprint density at radius 1 is 0.938 bits per heavy atom. The highest BCUT2D eigenvalue weighted by Crippen LogP contribution is 2.32. The summed E-state index contributed by atoms with van der Waals surface area (Å²) in [4.78, 5) is 16.4. The van der Waals surface area contributed by atoms with Crippen LogP contribution in [0.3, 0.4) is 0 Å². The number of pyridine rings is 1. The van der Waals surface area contributed by atoms with Crippen molar-refractivity contribution in [2.24, 2.45) is 0 Å². The fourth-order valence-electron chi connectivity index (χ4n) is 3.12. The van der Waals surface area contributed by atoms with Gasteiger partial charge in [0.05, 0.1) is 10.6 Å². The van der Waals surface area contributed by atoms with Crippen molar-refractivity contribution in [3.8, 4) is 16.8 Å². The van der Waals surface area contributed by atoms with Gasteiger partial charge in [0.1, 0.15) is 5.69 Å². The first-order chi connectivity index (χ1) is 15.3. The first-order valence-corrected chi connectivity index (χ1v) is 9.83. The van der Waals surface area contributed by atoms with E-state index in [9.17, 15) is 18.0 Å². The van der Waals surface area contributed by atoms with Crippen molar-refractivity contribution >= 4 is 23.3 Å². The van der Waals surface area contributed by atoms with Crippen LogP contribution < -0.4 is 10.9 Å². The lowest BCUT2D eigenvalue weighted by molar-refractivity contribution is -0.137. The number of aromatic nitrogens is 2. The van der Waals surface area contributed by atoms with Crippen LogP contribution in [0.1, 0.15) is 16.1 Å². The molecule has 2 N–H and O–H groups in total. The van der Waals surface area contributed by atoms with Crippen LogP contribution in [-0.2, 0) is 6.18 Å². The van der Waals surface area contributed by atoms with Crippen LogP contribution in [0, 0.1) is 0 Å².